The summed E-state index contributed by atoms with van der Waals surface area (Å²) in [6.07, 6.45) is 0. The molecular formula is C33H19N3O. The third-order valence-electron chi connectivity index (χ3n) is 6.73. The summed E-state index contributed by atoms with van der Waals surface area (Å²) in [7, 11) is 0. The van der Waals surface area contributed by atoms with E-state index in [0.717, 1.165) is 60.7 Å². The Bertz CT molecular complexity index is 1970. The van der Waals surface area contributed by atoms with Crippen molar-refractivity contribution in [2.45, 2.75) is 0 Å². The first-order valence-corrected chi connectivity index (χ1v) is 12.1. The molecule has 37 heavy (non-hydrogen) atoms. The summed E-state index contributed by atoms with van der Waals surface area (Å²) in [6.45, 7) is 0. The van der Waals surface area contributed by atoms with Gasteiger partial charge in [0.1, 0.15) is 5.52 Å². The van der Waals surface area contributed by atoms with Crippen LogP contribution < -0.4 is 0 Å². The maximum Gasteiger partial charge on any atom is 0.227 e. The number of rotatable bonds is 3. The molecule has 2 aromatic heterocycles. The molecule has 0 aliphatic heterocycles. The van der Waals surface area contributed by atoms with Crippen LogP contribution in [0.2, 0.25) is 0 Å². The lowest BCUT2D eigenvalue weighted by atomic mass is 9.96. The van der Waals surface area contributed by atoms with E-state index in [1.54, 1.807) is 0 Å². The molecule has 0 saturated carbocycles. The Labute approximate surface area is 213 Å². The van der Waals surface area contributed by atoms with Gasteiger partial charge in [0.25, 0.3) is 0 Å². The molecular weight excluding hydrogens is 454 g/mol. The summed E-state index contributed by atoms with van der Waals surface area (Å²) in [4.78, 5) is 10.1. The number of hydrogen-bond acceptors (Lipinski definition) is 4. The smallest absolute Gasteiger partial charge is 0.227 e. The van der Waals surface area contributed by atoms with Gasteiger partial charge < -0.3 is 4.42 Å². The standard InChI is InChI=1S/C33H19N3O/c34-20-21-11-13-22(14-12-21)25-15-17-28-27(19-25)30-26(31(35-28)23-7-3-1-4-8-23)16-18-29-32(30)36-33(37-29)24-9-5-2-6-10-24/h1-19H. The number of oxazole rings is 1. The van der Waals surface area contributed by atoms with Gasteiger partial charge in [-0.2, -0.15) is 5.26 Å². The molecule has 7 rings (SSSR count). The van der Waals surface area contributed by atoms with Crippen molar-refractivity contribution in [3.8, 4) is 39.9 Å². The van der Waals surface area contributed by atoms with Crippen LogP contribution in [0, 0.1) is 11.3 Å². The largest absolute Gasteiger partial charge is 0.436 e. The van der Waals surface area contributed by atoms with Gasteiger partial charge in [-0.25, -0.2) is 9.97 Å². The van der Waals surface area contributed by atoms with Gasteiger partial charge in [-0.05, 0) is 59.7 Å². The van der Waals surface area contributed by atoms with Crippen molar-refractivity contribution in [3.63, 3.8) is 0 Å². The fraction of sp³-hybridized carbons (Fsp3) is 0. The van der Waals surface area contributed by atoms with Crippen molar-refractivity contribution in [1.82, 2.24) is 9.97 Å². The number of pyridine rings is 1. The van der Waals surface area contributed by atoms with Crippen LogP contribution in [0.25, 0.3) is 66.6 Å². The molecule has 2 heterocycles. The van der Waals surface area contributed by atoms with Gasteiger partial charge in [-0.1, -0.05) is 66.7 Å². The second-order valence-electron chi connectivity index (χ2n) is 8.97. The van der Waals surface area contributed by atoms with Crippen molar-refractivity contribution in [2.75, 3.05) is 0 Å². The second-order valence-corrected chi connectivity index (χ2v) is 8.97. The maximum absolute atomic E-state index is 9.19. The summed E-state index contributed by atoms with van der Waals surface area (Å²) < 4.78 is 6.23. The van der Waals surface area contributed by atoms with Crippen LogP contribution in [0.1, 0.15) is 5.56 Å². The van der Waals surface area contributed by atoms with E-state index in [0.29, 0.717) is 11.5 Å². The third-order valence-corrected chi connectivity index (χ3v) is 6.73. The number of nitriles is 1. The molecule has 0 N–H and O–H groups in total. The van der Waals surface area contributed by atoms with E-state index in [-0.39, 0.29) is 0 Å². The number of benzene rings is 5. The lowest BCUT2D eigenvalue weighted by Gasteiger charge is -2.12. The monoisotopic (exact) mass is 473 g/mol. The fourth-order valence-corrected chi connectivity index (χ4v) is 4.92. The van der Waals surface area contributed by atoms with Crippen LogP contribution in [-0.2, 0) is 0 Å². The Morgan fingerprint density at radius 1 is 0.595 bits per heavy atom. The summed E-state index contributed by atoms with van der Waals surface area (Å²) in [5.41, 5.74) is 8.08. The normalized spacial score (nSPS) is 11.2. The van der Waals surface area contributed by atoms with Crippen LogP contribution >= 0.6 is 0 Å². The number of nitrogens with zero attached hydrogens (tertiary/aromatic N) is 3. The molecule has 4 heteroatoms. The van der Waals surface area contributed by atoms with E-state index in [1.807, 2.05) is 78.9 Å². The van der Waals surface area contributed by atoms with Crippen molar-refractivity contribution in [1.29, 1.82) is 5.26 Å². The Balaban J connectivity index is 1.56. The van der Waals surface area contributed by atoms with Gasteiger partial charge >= 0.3 is 0 Å². The van der Waals surface area contributed by atoms with Crippen molar-refractivity contribution < 1.29 is 4.42 Å². The van der Waals surface area contributed by atoms with Gasteiger partial charge in [-0.15, -0.1) is 0 Å². The highest BCUT2D eigenvalue weighted by molar-refractivity contribution is 6.21. The predicted molar refractivity (Wildman–Crippen MR) is 148 cm³/mol. The molecule has 0 fully saturated rings. The Kier molecular flexibility index (Phi) is 4.80. The molecule has 7 aromatic rings. The number of aromatic nitrogens is 2. The zero-order valence-corrected chi connectivity index (χ0v) is 19.7. The zero-order chi connectivity index (χ0) is 24.8. The molecule has 5 aromatic carbocycles. The van der Waals surface area contributed by atoms with Gasteiger partial charge in [0.15, 0.2) is 5.58 Å². The SMILES string of the molecule is N#Cc1ccc(-c2ccc3nc(-c4ccccc4)c4ccc5oc(-c6ccccc6)nc5c4c3c2)cc1. The molecule has 0 atom stereocenters. The minimum atomic E-state index is 0.595. The fourth-order valence-electron chi connectivity index (χ4n) is 4.92. The third kappa shape index (κ3) is 3.53. The highest BCUT2D eigenvalue weighted by Gasteiger charge is 2.18. The first-order valence-electron chi connectivity index (χ1n) is 12.1. The molecule has 0 amide bonds. The second kappa shape index (κ2) is 8.44. The van der Waals surface area contributed by atoms with Crippen molar-refractivity contribution in [3.05, 3.63) is 121 Å². The molecule has 0 aliphatic rings. The van der Waals surface area contributed by atoms with Gasteiger partial charge in [0, 0.05) is 27.3 Å². The first kappa shape index (κ1) is 21.0. The molecule has 0 saturated heterocycles. The van der Waals surface area contributed by atoms with Crippen LogP contribution in [0.4, 0.5) is 0 Å². The van der Waals surface area contributed by atoms with E-state index in [2.05, 4.69) is 42.5 Å². The highest BCUT2D eigenvalue weighted by Crippen LogP contribution is 2.39. The lowest BCUT2D eigenvalue weighted by Crippen LogP contribution is -1.91. The molecule has 4 nitrogen and oxygen atoms in total. The molecule has 0 radical (unpaired) electrons. The molecule has 0 unspecified atom stereocenters. The van der Waals surface area contributed by atoms with E-state index in [4.69, 9.17) is 14.4 Å². The maximum atomic E-state index is 9.19. The van der Waals surface area contributed by atoms with Crippen LogP contribution in [0.5, 0.6) is 0 Å². The summed E-state index contributed by atoms with van der Waals surface area (Å²) >= 11 is 0. The van der Waals surface area contributed by atoms with Gasteiger partial charge in [0.05, 0.1) is 22.8 Å². The van der Waals surface area contributed by atoms with E-state index in [1.165, 1.54) is 0 Å². The van der Waals surface area contributed by atoms with Crippen molar-refractivity contribution >= 4 is 32.8 Å². The summed E-state index contributed by atoms with van der Waals surface area (Å²) in [5.74, 6) is 0.595. The van der Waals surface area contributed by atoms with E-state index in [9.17, 15) is 5.26 Å². The minimum Gasteiger partial charge on any atom is -0.436 e. The van der Waals surface area contributed by atoms with Crippen LogP contribution in [0.3, 0.4) is 0 Å². The quantitative estimate of drug-likeness (QED) is 0.242. The number of hydrogen-bond donors (Lipinski definition) is 0. The molecule has 0 spiro atoms. The van der Waals surface area contributed by atoms with Gasteiger partial charge in [0.2, 0.25) is 5.89 Å². The Morgan fingerprint density at radius 3 is 2.03 bits per heavy atom. The average Bonchev–Trinajstić information content (AvgIpc) is 3.42. The van der Waals surface area contributed by atoms with Gasteiger partial charge in [-0.3, -0.25) is 0 Å². The minimum absolute atomic E-state index is 0.595. The molecule has 0 aliphatic carbocycles. The summed E-state index contributed by atoms with van der Waals surface area (Å²) in [5, 5.41) is 12.2. The van der Waals surface area contributed by atoms with Crippen LogP contribution in [0.15, 0.2) is 120 Å². The van der Waals surface area contributed by atoms with Crippen LogP contribution in [-0.4, -0.2) is 9.97 Å². The average molecular weight is 474 g/mol. The van der Waals surface area contributed by atoms with Crippen molar-refractivity contribution in [2.24, 2.45) is 0 Å². The number of fused-ring (bicyclic) bond motifs is 5. The van der Waals surface area contributed by atoms with E-state index >= 15 is 0 Å². The summed E-state index contributed by atoms with van der Waals surface area (Å²) in [6, 6.07) is 40.4. The Morgan fingerprint density at radius 2 is 1.30 bits per heavy atom. The molecule has 172 valence electrons. The predicted octanol–water partition coefficient (Wildman–Crippen LogP) is 8.40. The van der Waals surface area contributed by atoms with E-state index < -0.39 is 0 Å². The highest BCUT2D eigenvalue weighted by atomic mass is 16.3. The topological polar surface area (TPSA) is 62.7 Å². The first-order chi connectivity index (χ1) is 18.3. The molecule has 0 bridgehead atoms. The zero-order valence-electron chi connectivity index (χ0n) is 19.7. The Hall–Kier alpha value is -5.27. The lowest BCUT2D eigenvalue weighted by molar-refractivity contribution is 0.620.